The summed E-state index contributed by atoms with van der Waals surface area (Å²) in [5.74, 6) is -1.35. The molecule has 2 amide bonds. The van der Waals surface area contributed by atoms with E-state index < -0.39 is 24.2 Å². The molecule has 22 heavy (non-hydrogen) atoms. The van der Waals surface area contributed by atoms with E-state index in [-0.39, 0.29) is 13.2 Å². The van der Waals surface area contributed by atoms with Crippen LogP contribution in [-0.4, -0.2) is 40.8 Å². The number of hydrogen-bond acceptors (Lipinski definition) is 5. The molecule has 1 N–H and O–H groups in total. The summed E-state index contributed by atoms with van der Waals surface area (Å²) >= 11 is 0. The zero-order valence-corrected chi connectivity index (χ0v) is 12.1. The van der Waals surface area contributed by atoms with Crippen molar-refractivity contribution in [3.8, 4) is 0 Å². The fourth-order valence-electron chi connectivity index (χ4n) is 1.49. The van der Waals surface area contributed by atoms with Gasteiger partial charge in [0, 0.05) is 0 Å². The Morgan fingerprint density at radius 3 is 2.36 bits per heavy atom. The number of hydrogen-bond donors (Lipinski definition) is 1. The molecule has 0 aliphatic carbocycles. The average molecular weight is 307 g/mol. The number of ether oxygens (including phenoxy) is 2. The first-order valence-corrected chi connectivity index (χ1v) is 6.47. The molecule has 0 saturated carbocycles. The summed E-state index contributed by atoms with van der Waals surface area (Å²) in [6.45, 7) is 4.32. The van der Waals surface area contributed by atoms with E-state index in [1.807, 2.05) is 0 Å². The number of nitrogens with zero attached hydrogens (tertiary/aromatic N) is 1. The van der Waals surface area contributed by atoms with Crippen molar-refractivity contribution in [2.75, 3.05) is 6.61 Å². The molecule has 0 aromatic heterocycles. The van der Waals surface area contributed by atoms with Gasteiger partial charge in [0.1, 0.15) is 19.3 Å². The first-order valence-electron chi connectivity index (χ1n) is 6.47. The molecule has 0 aliphatic rings. The lowest BCUT2D eigenvalue weighted by molar-refractivity contribution is -0.141. The summed E-state index contributed by atoms with van der Waals surface area (Å²) < 4.78 is 9.66. The lowest BCUT2D eigenvalue weighted by Gasteiger charge is -2.22. The minimum atomic E-state index is -1.42. The van der Waals surface area contributed by atoms with Crippen LogP contribution in [0.5, 0.6) is 0 Å². The number of carboxylic acid groups (broad SMARTS) is 1. The van der Waals surface area contributed by atoms with Gasteiger partial charge in [-0.2, -0.15) is 4.90 Å². The fourth-order valence-corrected chi connectivity index (χ4v) is 1.49. The molecule has 0 radical (unpaired) electrons. The van der Waals surface area contributed by atoms with Crippen molar-refractivity contribution in [2.24, 2.45) is 0 Å². The predicted molar refractivity (Wildman–Crippen MR) is 77.1 cm³/mol. The smallest absolute Gasteiger partial charge is 0.420 e. The Bertz CT molecular complexity index is 542. The van der Waals surface area contributed by atoms with Gasteiger partial charge in [-0.3, -0.25) is 0 Å². The van der Waals surface area contributed by atoms with Crippen molar-refractivity contribution >= 4 is 18.2 Å². The highest BCUT2D eigenvalue weighted by atomic mass is 16.6. The van der Waals surface area contributed by atoms with Crippen LogP contribution in [0.4, 0.5) is 9.59 Å². The van der Waals surface area contributed by atoms with Gasteiger partial charge >= 0.3 is 18.2 Å². The normalized spacial score (nSPS) is 11.1. The number of benzene rings is 1. The molecule has 1 atom stereocenters. The molecule has 0 aliphatic heterocycles. The van der Waals surface area contributed by atoms with Crippen molar-refractivity contribution in [1.82, 2.24) is 4.90 Å². The van der Waals surface area contributed by atoms with Gasteiger partial charge in [-0.25, -0.2) is 14.4 Å². The molecule has 0 bridgehead atoms. The van der Waals surface area contributed by atoms with E-state index in [0.717, 1.165) is 0 Å². The van der Waals surface area contributed by atoms with Crippen molar-refractivity contribution in [2.45, 2.75) is 19.6 Å². The summed E-state index contributed by atoms with van der Waals surface area (Å²) in [5.41, 5.74) is 0.707. The van der Waals surface area contributed by atoms with E-state index in [0.29, 0.717) is 10.5 Å². The van der Waals surface area contributed by atoms with E-state index >= 15 is 0 Å². The molecule has 7 heteroatoms. The first kappa shape index (κ1) is 17.2. The van der Waals surface area contributed by atoms with Crippen LogP contribution in [0.1, 0.15) is 12.5 Å². The van der Waals surface area contributed by atoms with Crippen LogP contribution in [0.25, 0.3) is 0 Å². The number of carbonyl (C=O) groups is 3. The summed E-state index contributed by atoms with van der Waals surface area (Å²) in [5, 5.41) is 8.98. The molecule has 0 spiro atoms. The zero-order chi connectivity index (χ0) is 16.5. The van der Waals surface area contributed by atoms with E-state index in [1.54, 1.807) is 30.3 Å². The van der Waals surface area contributed by atoms with Crippen molar-refractivity contribution in [1.29, 1.82) is 0 Å². The van der Waals surface area contributed by atoms with Crippen molar-refractivity contribution in [3.63, 3.8) is 0 Å². The maximum Gasteiger partial charge on any atom is 0.420 e. The van der Waals surface area contributed by atoms with E-state index in [9.17, 15) is 14.4 Å². The Morgan fingerprint density at radius 2 is 1.82 bits per heavy atom. The zero-order valence-electron chi connectivity index (χ0n) is 12.1. The number of aliphatic carboxylic acids is 1. The average Bonchev–Trinajstić information content (AvgIpc) is 2.51. The standard InChI is InChI=1S/C15H17NO6/c1-3-9-21-14(19)16(11(2)13(17)18)15(20)22-10-12-7-5-4-6-8-12/h3-8,11H,1,9-10H2,2H3,(H,17,18)/t11-/m0/s1. The number of imide groups is 1. The molecule has 0 saturated heterocycles. The maximum atomic E-state index is 12.0. The summed E-state index contributed by atoms with van der Waals surface area (Å²) in [4.78, 5) is 35.2. The highest BCUT2D eigenvalue weighted by Gasteiger charge is 2.34. The fraction of sp³-hybridized carbons (Fsp3) is 0.267. The van der Waals surface area contributed by atoms with Crippen LogP contribution in [0.15, 0.2) is 43.0 Å². The van der Waals surface area contributed by atoms with Crippen molar-refractivity contribution in [3.05, 3.63) is 48.6 Å². The van der Waals surface area contributed by atoms with Crippen LogP contribution in [0.2, 0.25) is 0 Å². The molecule has 0 unspecified atom stereocenters. The lowest BCUT2D eigenvalue weighted by atomic mass is 10.2. The third kappa shape index (κ3) is 4.93. The molecule has 1 aromatic carbocycles. The third-order valence-corrected chi connectivity index (χ3v) is 2.67. The van der Waals surface area contributed by atoms with Gasteiger partial charge in [0.15, 0.2) is 0 Å². The quantitative estimate of drug-likeness (QED) is 0.811. The Kier molecular flexibility index (Phi) is 6.62. The lowest BCUT2D eigenvalue weighted by Crippen LogP contribution is -2.47. The first-order chi connectivity index (χ1) is 10.5. The largest absolute Gasteiger partial charge is 0.480 e. The second kappa shape index (κ2) is 8.46. The highest BCUT2D eigenvalue weighted by Crippen LogP contribution is 2.09. The van der Waals surface area contributed by atoms with E-state index in [1.165, 1.54) is 13.0 Å². The van der Waals surface area contributed by atoms with Gasteiger partial charge in [0.25, 0.3) is 0 Å². The van der Waals surface area contributed by atoms with Gasteiger partial charge in [-0.15, -0.1) is 0 Å². The number of carbonyl (C=O) groups excluding carboxylic acids is 2. The minimum Gasteiger partial charge on any atom is -0.480 e. The monoisotopic (exact) mass is 307 g/mol. The van der Waals surface area contributed by atoms with Gasteiger partial charge in [0.2, 0.25) is 0 Å². The minimum absolute atomic E-state index is 0.0861. The SMILES string of the molecule is C=CCOC(=O)N(C(=O)OCc1ccccc1)[C@@H](C)C(=O)O. The van der Waals surface area contributed by atoms with Gasteiger partial charge in [0.05, 0.1) is 0 Å². The van der Waals surface area contributed by atoms with E-state index in [2.05, 4.69) is 6.58 Å². The molecule has 0 heterocycles. The summed E-state index contributed by atoms with van der Waals surface area (Å²) in [6.07, 6.45) is -0.891. The number of rotatable bonds is 6. The summed E-state index contributed by atoms with van der Waals surface area (Å²) in [6, 6.07) is 7.37. The molecule has 7 nitrogen and oxygen atoms in total. The second-order valence-corrected chi connectivity index (χ2v) is 4.29. The molecule has 0 fully saturated rings. The van der Waals surface area contributed by atoms with Crippen LogP contribution >= 0.6 is 0 Å². The Labute approximate surface area is 127 Å². The maximum absolute atomic E-state index is 12.0. The molecule has 1 rings (SSSR count). The molecular formula is C15H17NO6. The van der Waals surface area contributed by atoms with Crippen LogP contribution in [-0.2, 0) is 20.9 Å². The summed E-state index contributed by atoms with van der Waals surface area (Å²) in [7, 11) is 0. The number of carboxylic acids is 1. The van der Waals surface area contributed by atoms with Gasteiger partial charge in [-0.1, -0.05) is 43.0 Å². The second-order valence-electron chi connectivity index (χ2n) is 4.29. The topological polar surface area (TPSA) is 93.1 Å². The third-order valence-electron chi connectivity index (χ3n) is 2.67. The van der Waals surface area contributed by atoms with Crippen LogP contribution < -0.4 is 0 Å². The van der Waals surface area contributed by atoms with Crippen molar-refractivity contribution < 1.29 is 29.0 Å². The Balaban J connectivity index is 2.76. The highest BCUT2D eigenvalue weighted by molar-refractivity contribution is 5.93. The van der Waals surface area contributed by atoms with Crippen LogP contribution in [0.3, 0.4) is 0 Å². The Hall–Kier alpha value is -2.83. The molecular weight excluding hydrogens is 290 g/mol. The molecule has 118 valence electrons. The number of amides is 2. The van der Waals surface area contributed by atoms with Crippen LogP contribution in [0, 0.1) is 0 Å². The van der Waals surface area contributed by atoms with Gasteiger partial charge in [-0.05, 0) is 12.5 Å². The van der Waals surface area contributed by atoms with Gasteiger partial charge < -0.3 is 14.6 Å². The Morgan fingerprint density at radius 1 is 1.23 bits per heavy atom. The van der Waals surface area contributed by atoms with E-state index in [4.69, 9.17) is 14.6 Å². The predicted octanol–water partition coefficient (Wildman–Crippen LogP) is 2.42. The molecule has 1 aromatic rings.